The highest BCUT2D eigenvalue weighted by Gasteiger charge is 2.28. The molecule has 0 N–H and O–H groups in total. The number of carbonyl (C=O) groups excluding carboxylic acids is 1. The number of esters is 1. The van der Waals surface area contributed by atoms with Crippen LogP contribution in [0.1, 0.15) is 24.9 Å². The average molecular weight is 314 g/mol. The minimum Gasteiger partial charge on any atom is -0.469 e. The molecule has 1 rings (SSSR count). The van der Waals surface area contributed by atoms with Crippen LogP contribution in [-0.2, 0) is 19.7 Å². The molecule has 1 unspecified atom stereocenters. The van der Waals surface area contributed by atoms with E-state index in [0.717, 1.165) is 9.87 Å². The highest BCUT2D eigenvalue weighted by Crippen LogP contribution is 2.22. The fraction of sp³-hybridized carbons (Fsp3) is 0.500. The van der Waals surface area contributed by atoms with Gasteiger partial charge in [0.1, 0.15) is 0 Å². The van der Waals surface area contributed by atoms with Crippen LogP contribution in [0.4, 0.5) is 0 Å². The second-order valence-corrected chi connectivity index (χ2v) is 6.85. The van der Waals surface area contributed by atoms with Crippen molar-refractivity contribution in [2.45, 2.75) is 19.4 Å². The normalized spacial score (nSPS) is 13.4. The van der Waals surface area contributed by atoms with Crippen molar-refractivity contribution in [1.29, 1.82) is 0 Å². The van der Waals surface area contributed by atoms with Gasteiger partial charge in [-0.1, -0.05) is 30.3 Å². The zero-order chi connectivity index (χ0) is 16.0. The molecule has 7 heteroatoms. The Morgan fingerprint density at radius 3 is 2.33 bits per heavy atom. The third kappa shape index (κ3) is 4.52. The summed E-state index contributed by atoms with van der Waals surface area (Å²) >= 11 is 0. The molecule has 0 heterocycles. The van der Waals surface area contributed by atoms with Crippen LogP contribution >= 0.6 is 0 Å². The summed E-state index contributed by atoms with van der Waals surface area (Å²) < 4.78 is 31.9. The number of hydrogen-bond donors (Lipinski definition) is 0. The van der Waals surface area contributed by atoms with Crippen molar-refractivity contribution in [2.24, 2.45) is 0 Å². The van der Waals surface area contributed by atoms with Gasteiger partial charge in [-0.25, -0.2) is 0 Å². The van der Waals surface area contributed by atoms with Gasteiger partial charge >= 0.3 is 5.97 Å². The molecule has 1 aromatic carbocycles. The van der Waals surface area contributed by atoms with E-state index in [2.05, 4.69) is 4.74 Å². The predicted octanol–water partition coefficient (Wildman–Crippen LogP) is 1.42. The SMILES string of the molecule is COC(=O)CCN(C)S(=O)(=O)N(C)C(C)c1ccccc1. The summed E-state index contributed by atoms with van der Waals surface area (Å²) in [5.41, 5.74) is 0.907. The van der Waals surface area contributed by atoms with Crippen molar-refractivity contribution < 1.29 is 17.9 Å². The number of benzene rings is 1. The predicted molar refractivity (Wildman–Crippen MR) is 80.8 cm³/mol. The Labute approximate surface area is 126 Å². The van der Waals surface area contributed by atoms with Gasteiger partial charge in [0.15, 0.2) is 0 Å². The maximum absolute atomic E-state index is 12.4. The number of methoxy groups -OCH3 is 1. The molecule has 6 nitrogen and oxygen atoms in total. The van der Waals surface area contributed by atoms with Crippen LogP contribution in [-0.4, -0.2) is 50.7 Å². The maximum atomic E-state index is 12.4. The van der Waals surface area contributed by atoms with Gasteiger partial charge < -0.3 is 4.74 Å². The number of ether oxygens (including phenoxy) is 1. The summed E-state index contributed by atoms with van der Waals surface area (Å²) in [5.74, 6) is -0.434. The number of hydrogen-bond acceptors (Lipinski definition) is 4. The average Bonchev–Trinajstić information content (AvgIpc) is 2.51. The molecule has 0 amide bonds. The molecular formula is C14H22N2O4S. The molecule has 21 heavy (non-hydrogen) atoms. The van der Waals surface area contributed by atoms with Gasteiger partial charge in [0.05, 0.1) is 13.5 Å². The second kappa shape index (κ2) is 7.53. The van der Waals surface area contributed by atoms with Gasteiger partial charge in [-0.15, -0.1) is 0 Å². The Morgan fingerprint density at radius 2 is 1.81 bits per heavy atom. The van der Waals surface area contributed by atoms with Crippen molar-refractivity contribution in [3.63, 3.8) is 0 Å². The van der Waals surface area contributed by atoms with E-state index in [0.29, 0.717) is 0 Å². The van der Waals surface area contributed by atoms with E-state index in [9.17, 15) is 13.2 Å². The first-order chi connectivity index (χ1) is 9.80. The summed E-state index contributed by atoms with van der Waals surface area (Å²) in [6, 6.07) is 9.08. The number of rotatable bonds is 7. The Bertz CT molecular complexity index is 560. The molecule has 0 saturated heterocycles. The molecule has 0 spiro atoms. The highest BCUT2D eigenvalue weighted by molar-refractivity contribution is 7.86. The van der Waals surface area contributed by atoms with Gasteiger partial charge in [-0.2, -0.15) is 17.0 Å². The van der Waals surface area contributed by atoms with Crippen LogP contribution < -0.4 is 0 Å². The Balaban J connectivity index is 2.79. The van der Waals surface area contributed by atoms with Crippen LogP contribution in [0.15, 0.2) is 30.3 Å². The van der Waals surface area contributed by atoms with E-state index < -0.39 is 16.2 Å². The highest BCUT2D eigenvalue weighted by atomic mass is 32.2. The van der Waals surface area contributed by atoms with Crippen molar-refractivity contribution in [3.8, 4) is 0 Å². The maximum Gasteiger partial charge on any atom is 0.306 e. The largest absolute Gasteiger partial charge is 0.469 e. The van der Waals surface area contributed by atoms with Crippen molar-refractivity contribution in [1.82, 2.24) is 8.61 Å². The summed E-state index contributed by atoms with van der Waals surface area (Å²) in [7, 11) is 0.627. The minimum atomic E-state index is -3.63. The fourth-order valence-corrected chi connectivity index (χ4v) is 3.11. The van der Waals surface area contributed by atoms with E-state index in [1.807, 2.05) is 37.3 Å². The Morgan fingerprint density at radius 1 is 1.24 bits per heavy atom. The molecule has 0 saturated carbocycles. The quantitative estimate of drug-likeness (QED) is 0.714. The molecule has 0 aliphatic rings. The van der Waals surface area contributed by atoms with E-state index in [1.165, 1.54) is 25.5 Å². The summed E-state index contributed by atoms with van der Waals surface area (Å²) in [5, 5.41) is 0. The van der Waals surface area contributed by atoms with Crippen LogP contribution in [0.3, 0.4) is 0 Å². The van der Waals surface area contributed by atoms with Crippen LogP contribution in [0.25, 0.3) is 0 Å². The molecule has 0 radical (unpaired) electrons. The number of nitrogens with zero attached hydrogens (tertiary/aromatic N) is 2. The summed E-state index contributed by atoms with van der Waals surface area (Å²) in [6.07, 6.45) is 0.0276. The first-order valence-corrected chi connectivity index (χ1v) is 8.01. The van der Waals surface area contributed by atoms with Crippen LogP contribution in [0.2, 0.25) is 0 Å². The Hall–Kier alpha value is -1.44. The third-order valence-corrected chi connectivity index (χ3v) is 5.46. The zero-order valence-corrected chi connectivity index (χ0v) is 13.6. The van der Waals surface area contributed by atoms with Gasteiger partial charge in [0.2, 0.25) is 0 Å². The van der Waals surface area contributed by atoms with Gasteiger partial charge in [-0.3, -0.25) is 4.79 Å². The van der Waals surface area contributed by atoms with Crippen molar-refractivity contribution >= 4 is 16.2 Å². The van der Waals surface area contributed by atoms with Gasteiger partial charge in [0, 0.05) is 26.7 Å². The van der Waals surface area contributed by atoms with Crippen molar-refractivity contribution in [3.05, 3.63) is 35.9 Å². The standard InChI is InChI=1S/C14H22N2O4S/c1-12(13-8-6-5-7-9-13)16(3)21(18,19)15(2)11-10-14(17)20-4/h5-9,12H,10-11H2,1-4H3. The van der Waals surface area contributed by atoms with E-state index in [4.69, 9.17) is 0 Å². The van der Waals surface area contributed by atoms with E-state index in [-0.39, 0.29) is 19.0 Å². The first kappa shape index (κ1) is 17.6. The minimum absolute atomic E-state index is 0.0276. The van der Waals surface area contributed by atoms with E-state index >= 15 is 0 Å². The van der Waals surface area contributed by atoms with Crippen molar-refractivity contribution in [2.75, 3.05) is 27.7 Å². The molecule has 1 aromatic rings. The topological polar surface area (TPSA) is 66.9 Å². The molecular weight excluding hydrogens is 292 g/mol. The molecule has 0 bridgehead atoms. The summed E-state index contributed by atoms with van der Waals surface area (Å²) in [4.78, 5) is 11.1. The second-order valence-electron chi connectivity index (χ2n) is 4.76. The van der Waals surface area contributed by atoms with Gasteiger partial charge in [0.25, 0.3) is 10.2 Å². The lowest BCUT2D eigenvalue weighted by Gasteiger charge is -2.29. The molecule has 0 aliphatic heterocycles. The lowest BCUT2D eigenvalue weighted by molar-refractivity contribution is -0.140. The van der Waals surface area contributed by atoms with Crippen LogP contribution in [0, 0.1) is 0 Å². The lowest BCUT2D eigenvalue weighted by Crippen LogP contribution is -2.41. The third-order valence-electron chi connectivity index (χ3n) is 3.44. The first-order valence-electron chi connectivity index (χ1n) is 6.61. The molecule has 0 fully saturated rings. The van der Waals surface area contributed by atoms with Crippen LogP contribution in [0.5, 0.6) is 0 Å². The molecule has 0 aliphatic carbocycles. The monoisotopic (exact) mass is 314 g/mol. The number of carbonyl (C=O) groups is 1. The molecule has 118 valence electrons. The zero-order valence-electron chi connectivity index (χ0n) is 12.8. The Kier molecular flexibility index (Phi) is 6.32. The summed E-state index contributed by atoms with van der Waals surface area (Å²) in [6.45, 7) is 1.90. The lowest BCUT2D eigenvalue weighted by atomic mass is 10.1. The van der Waals surface area contributed by atoms with E-state index in [1.54, 1.807) is 0 Å². The smallest absolute Gasteiger partial charge is 0.306 e. The van der Waals surface area contributed by atoms with Gasteiger partial charge in [-0.05, 0) is 12.5 Å². The molecule has 0 aromatic heterocycles. The fourth-order valence-electron chi connectivity index (χ4n) is 1.83. The molecule has 1 atom stereocenters.